The second kappa shape index (κ2) is 7.61. The molecular weight excluding hydrogens is 372 g/mol. The molecule has 1 amide bonds. The van der Waals surface area contributed by atoms with Crippen LogP contribution < -0.4 is 15.0 Å². The molecule has 0 atom stereocenters. The number of amides is 1. The van der Waals surface area contributed by atoms with E-state index in [1.807, 2.05) is 30.3 Å². The molecule has 29 heavy (non-hydrogen) atoms. The van der Waals surface area contributed by atoms with Crippen LogP contribution in [0.15, 0.2) is 54.7 Å². The van der Waals surface area contributed by atoms with Crippen LogP contribution >= 0.6 is 0 Å². The molecule has 3 N–H and O–H groups in total. The Labute approximate surface area is 166 Å². The first-order valence-electron chi connectivity index (χ1n) is 8.76. The average Bonchev–Trinajstić information content (AvgIpc) is 3.21. The van der Waals surface area contributed by atoms with E-state index in [0.717, 1.165) is 22.2 Å². The van der Waals surface area contributed by atoms with Crippen LogP contribution in [0.25, 0.3) is 33.7 Å². The maximum atomic E-state index is 11.6. The molecule has 0 aliphatic carbocycles. The summed E-state index contributed by atoms with van der Waals surface area (Å²) in [5, 5.41) is 9.62. The third-order valence-electron chi connectivity index (χ3n) is 4.56. The normalized spacial score (nSPS) is 10.7. The lowest BCUT2D eigenvalue weighted by Crippen LogP contribution is -2.18. The van der Waals surface area contributed by atoms with E-state index in [1.165, 1.54) is 0 Å². The molecule has 2 heterocycles. The van der Waals surface area contributed by atoms with Crippen LogP contribution in [-0.4, -0.2) is 40.3 Å². The number of carbonyl (C=O) groups is 1. The second-order valence-corrected chi connectivity index (χ2v) is 6.26. The van der Waals surface area contributed by atoms with Crippen molar-refractivity contribution in [2.75, 3.05) is 14.2 Å². The number of aromatic nitrogens is 3. The van der Waals surface area contributed by atoms with Gasteiger partial charge in [0.25, 0.3) is 5.91 Å². The minimum atomic E-state index is -0.568. The number of hydrogen-bond donors (Lipinski definition) is 3. The number of methoxy groups -OCH3 is 2. The molecule has 0 bridgehead atoms. The number of rotatable bonds is 5. The predicted molar refractivity (Wildman–Crippen MR) is 107 cm³/mol. The standard InChI is InChI=1S/C21H18N4O4/c1-28-18-6-4-12(11-19(18)29-2)16-7-8-22-20(24-16)17-10-14-9-13(21(26)25-27)3-5-15(14)23-17/h3-11,23,27H,1-2H3,(H,25,26). The Bertz CT molecular complexity index is 1200. The highest BCUT2D eigenvalue weighted by molar-refractivity contribution is 5.98. The van der Waals surface area contributed by atoms with Crippen LogP contribution in [0.1, 0.15) is 10.4 Å². The Morgan fingerprint density at radius 1 is 1.03 bits per heavy atom. The number of ether oxygens (including phenoxy) is 2. The van der Waals surface area contributed by atoms with E-state index in [-0.39, 0.29) is 0 Å². The summed E-state index contributed by atoms with van der Waals surface area (Å²) < 4.78 is 10.6. The van der Waals surface area contributed by atoms with Gasteiger partial charge in [-0.3, -0.25) is 10.0 Å². The van der Waals surface area contributed by atoms with Crippen molar-refractivity contribution in [3.05, 3.63) is 60.3 Å². The lowest BCUT2D eigenvalue weighted by molar-refractivity contribution is 0.0706. The van der Waals surface area contributed by atoms with Gasteiger partial charge in [0.15, 0.2) is 17.3 Å². The Morgan fingerprint density at radius 3 is 2.62 bits per heavy atom. The summed E-state index contributed by atoms with van der Waals surface area (Å²) in [5.74, 6) is 1.21. The van der Waals surface area contributed by atoms with Gasteiger partial charge in [-0.1, -0.05) is 0 Å². The first-order chi connectivity index (χ1) is 14.1. The topological polar surface area (TPSA) is 109 Å². The van der Waals surface area contributed by atoms with Crippen LogP contribution in [0, 0.1) is 0 Å². The molecule has 0 fully saturated rings. The lowest BCUT2D eigenvalue weighted by Gasteiger charge is -2.09. The maximum absolute atomic E-state index is 11.6. The fraction of sp³-hybridized carbons (Fsp3) is 0.0952. The third-order valence-corrected chi connectivity index (χ3v) is 4.56. The number of benzene rings is 2. The molecule has 0 spiro atoms. The summed E-state index contributed by atoms with van der Waals surface area (Å²) in [6.07, 6.45) is 1.69. The summed E-state index contributed by atoms with van der Waals surface area (Å²) in [4.78, 5) is 23.9. The van der Waals surface area contributed by atoms with E-state index < -0.39 is 5.91 Å². The number of nitrogens with zero attached hydrogens (tertiary/aromatic N) is 2. The molecule has 146 valence electrons. The molecule has 2 aromatic heterocycles. The van der Waals surface area contributed by atoms with Crippen molar-refractivity contribution in [2.45, 2.75) is 0 Å². The van der Waals surface area contributed by atoms with Crippen LogP contribution in [0.4, 0.5) is 0 Å². The van der Waals surface area contributed by atoms with Crippen molar-refractivity contribution in [3.63, 3.8) is 0 Å². The highest BCUT2D eigenvalue weighted by atomic mass is 16.5. The van der Waals surface area contributed by atoms with Crippen LogP contribution in [0.5, 0.6) is 11.5 Å². The highest BCUT2D eigenvalue weighted by Crippen LogP contribution is 2.32. The van der Waals surface area contributed by atoms with Gasteiger partial charge in [-0.15, -0.1) is 0 Å². The molecule has 0 radical (unpaired) electrons. The van der Waals surface area contributed by atoms with Gasteiger partial charge in [0.05, 0.1) is 25.6 Å². The van der Waals surface area contributed by atoms with Crippen molar-refractivity contribution in [2.24, 2.45) is 0 Å². The van der Waals surface area contributed by atoms with Crippen LogP contribution in [-0.2, 0) is 0 Å². The Hall–Kier alpha value is -3.91. The first kappa shape index (κ1) is 18.5. The Balaban J connectivity index is 1.73. The summed E-state index contributed by atoms with van der Waals surface area (Å²) in [5.41, 5.74) is 5.12. The van der Waals surface area contributed by atoms with Gasteiger partial charge < -0.3 is 14.5 Å². The van der Waals surface area contributed by atoms with Gasteiger partial charge in [-0.25, -0.2) is 15.4 Å². The summed E-state index contributed by atoms with van der Waals surface area (Å²) >= 11 is 0. The lowest BCUT2D eigenvalue weighted by atomic mass is 10.1. The zero-order chi connectivity index (χ0) is 20.4. The van der Waals surface area contributed by atoms with Crippen molar-refractivity contribution < 1.29 is 19.5 Å². The van der Waals surface area contributed by atoms with E-state index in [0.29, 0.717) is 28.6 Å². The van der Waals surface area contributed by atoms with Gasteiger partial charge in [-0.05, 0) is 48.5 Å². The number of hydroxylamine groups is 1. The van der Waals surface area contributed by atoms with E-state index in [9.17, 15) is 4.79 Å². The largest absolute Gasteiger partial charge is 0.493 e. The molecule has 4 rings (SSSR count). The summed E-state index contributed by atoms with van der Waals surface area (Å²) in [7, 11) is 3.18. The maximum Gasteiger partial charge on any atom is 0.274 e. The molecule has 0 aliphatic heterocycles. The molecule has 8 heteroatoms. The number of carbonyl (C=O) groups excluding carboxylic acids is 1. The van der Waals surface area contributed by atoms with Gasteiger partial charge in [-0.2, -0.15) is 0 Å². The Morgan fingerprint density at radius 2 is 1.86 bits per heavy atom. The van der Waals surface area contributed by atoms with Gasteiger partial charge in [0.2, 0.25) is 0 Å². The summed E-state index contributed by atoms with van der Waals surface area (Å²) in [6.45, 7) is 0. The fourth-order valence-electron chi connectivity index (χ4n) is 3.10. The number of hydrogen-bond acceptors (Lipinski definition) is 6. The minimum Gasteiger partial charge on any atom is -0.493 e. The SMILES string of the molecule is COc1ccc(-c2ccnc(-c3cc4cc(C(=O)NO)ccc4[nH]3)n2)cc1OC. The van der Waals surface area contributed by atoms with E-state index in [4.69, 9.17) is 14.7 Å². The van der Waals surface area contributed by atoms with Crippen LogP contribution in [0.3, 0.4) is 0 Å². The van der Waals surface area contributed by atoms with E-state index >= 15 is 0 Å². The molecule has 0 saturated heterocycles. The predicted octanol–water partition coefficient (Wildman–Crippen LogP) is 3.43. The van der Waals surface area contributed by atoms with Gasteiger partial charge >= 0.3 is 0 Å². The van der Waals surface area contributed by atoms with Crippen molar-refractivity contribution >= 4 is 16.8 Å². The number of fused-ring (bicyclic) bond motifs is 1. The molecule has 4 aromatic rings. The molecule has 0 unspecified atom stereocenters. The minimum absolute atomic E-state index is 0.352. The van der Waals surface area contributed by atoms with E-state index in [2.05, 4.69) is 15.0 Å². The second-order valence-electron chi connectivity index (χ2n) is 6.26. The average molecular weight is 390 g/mol. The van der Waals surface area contributed by atoms with Crippen molar-refractivity contribution in [3.8, 4) is 34.3 Å². The number of aromatic amines is 1. The molecular formula is C21H18N4O4. The quantitative estimate of drug-likeness (QED) is 0.356. The Kier molecular flexibility index (Phi) is 4.84. The van der Waals surface area contributed by atoms with Gasteiger partial charge in [0, 0.05) is 28.2 Å². The number of nitrogens with one attached hydrogen (secondary N) is 2. The monoisotopic (exact) mass is 390 g/mol. The van der Waals surface area contributed by atoms with Crippen molar-refractivity contribution in [1.82, 2.24) is 20.4 Å². The molecule has 2 aromatic carbocycles. The molecule has 8 nitrogen and oxygen atoms in total. The molecule has 0 aliphatic rings. The third kappa shape index (κ3) is 3.48. The number of H-pyrrole nitrogens is 1. The summed E-state index contributed by atoms with van der Waals surface area (Å²) in [6, 6.07) is 14.3. The first-order valence-corrected chi connectivity index (χ1v) is 8.76. The smallest absolute Gasteiger partial charge is 0.274 e. The van der Waals surface area contributed by atoms with E-state index in [1.54, 1.807) is 44.1 Å². The molecule has 0 saturated carbocycles. The highest BCUT2D eigenvalue weighted by Gasteiger charge is 2.12. The zero-order valence-corrected chi connectivity index (χ0v) is 15.8. The van der Waals surface area contributed by atoms with Crippen molar-refractivity contribution in [1.29, 1.82) is 0 Å². The van der Waals surface area contributed by atoms with Crippen LogP contribution in [0.2, 0.25) is 0 Å². The fourth-order valence-corrected chi connectivity index (χ4v) is 3.10. The zero-order valence-electron chi connectivity index (χ0n) is 15.8. The van der Waals surface area contributed by atoms with Gasteiger partial charge in [0.1, 0.15) is 0 Å².